The van der Waals surface area contributed by atoms with E-state index in [4.69, 9.17) is 10.2 Å². The maximum Gasteiger partial charge on any atom is 0.330 e. The number of carbonyl (C=O) groups is 2. The predicted octanol–water partition coefficient (Wildman–Crippen LogP) is 3.78. The van der Waals surface area contributed by atoms with Gasteiger partial charge in [0, 0.05) is 11.1 Å². The zero-order valence-corrected chi connectivity index (χ0v) is 14.3. The van der Waals surface area contributed by atoms with E-state index in [-0.39, 0.29) is 16.7 Å². The summed E-state index contributed by atoms with van der Waals surface area (Å²) in [6.07, 6.45) is 9.96. The van der Waals surface area contributed by atoms with Crippen molar-refractivity contribution in [1.29, 1.82) is 0 Å². The van der Waals surface area contributed by atoms with Crippen molar-refractivity contribution in [1.82, 2.24) is 0 Å². The minimum Gasteiger partial charge on any atom is -0.478 e. The van der Waals surface area contributed by atoms with E-state index in [9.17, 15) is 14.7 Å². The van der Waals surface area contributed by atoms with E-state index in [1.165, 1.54) is 52.4 Å². The smallest absolute Gasteiger partial charge is 0.330 e. The predicted molar refractivity (Wildman–Crippen MR) is 90.3 cm³/mol. The van der Waals surface area contributed by atoms with Crippen LogP contribution >= 0.6 is 0 Å². The normalized spacial score (nSPS) is 18.9. The maximum absolute atomic E-state index is 10.2. The summed E-state index contributed by atoms with van der Waals surface area (Å²) in [5, 5.41) is 26.0. The Morgan fingerprint density at radius 3 is 1.43 bits per heavy atom. The molecule has 132 valence electrons. The molecule has 2 saturated carbocycles. The molecule has 2 rings (SSSR count). The Labute approximate surface area is 138 Å². The van der Waals surface area contributed by atoms with Gasteiger partial charge in [-0.2, -0.15) is 0 Å². The highest BCUT2D eigenvalue weighted by Crippen LogP contribution is 2.43. The zero-order valence-electron chi connectivity index (χ0n) is 14.3. The molecule has 0 atom stereocenters. The average molecular weight is 326 g/mol. The standard InChI is InChI=1S/C10H18O.2C4H6O2/c11-10(7-3-4-8-10)9-5-1-2-6-9;2*1-3(2)4(5)6/h9,11H,1-8H2;2*1H2,2H3,(H,5,6). The molecule has 0 unspecified atom stereocenters. The van der Waals surface area contributed by atoms with Crippen LogP contribution in [0.25, 0.3) is 0 Å². The lowest BCUT2D eigenvalue weighted by Gasteiger charge is -2.29. The average Bonchev–Trinajstić information content (AvgIpc) is 3.11. The molecule has 0 aromatic rings. The molecule has 0 saturated heterocycles. The third-order valence-corrected chi connectivity index (χ3v) is 4.31. The lowest BCUT2D eigenvalue weighted by Crippen LogP contribution is -2.32. The van der Waals surface area contributed by atoms with E-state index in [0.717, 1.165) is 12.8 Å². The number of rotatable bonds is 3. The fraction of sp³-hybridized carbons (Fsp3) is 0.667. The molecule has 5 heteroatoms. The number of carboxylic acids is 2. The molecule has 0 aromatic carbocycles. The molecule has 0 heterocycles. The van der Waals surface area contributed by atoms with Gasteiger partial charge < -0.3 is 15.3 Å². The van der Waals surface area contributed by atoms with Crippen LogP contribution in [0.5, 0.6) is 0 Å². The van der Waals surface area contributed by atoms with Crippen molar-refractivity contribution < 1.29 is 24.9 Å². The molecule has 2 aliphatic carbocycles. The Hall–Kier alpha value is -1.62. The van der Waals surface area contributed by atoms with Crippen LogP contribution in [-0.2, 0) is 9.59 Å². The second kappa shape index (κ2) is 10.2. The summed E-state index contributed by atoms with van der Waals surface area (Å²) >= 11 is 0. The van der Waals surface area contributed by atoms with Crippen molar-refractivity contribution in [2.75, 3.05) is 0 Å². The summed E-state index contributed by atoms with van der Waals surface area (Å²) in [6, 6.07) is 0. The van der Waals surface area contributed by atoms with Crippen LogP contribution in [0.1, 0.15) is 65.2 Å². The van der Waals surface area contributed by atoms with Gasteiger partial charge in [-0.15, -0.1) is 0 Å². The second-order valence-corrected chi connectivity index (χ2v) is 6.46. The van der Waals surface area contributed by atoms with E-state index in [1.807, 2.05) is 0 Å². The molecule has 0 bridgehead atoms. The van der Waals surface area contributed by atoms with E-state index in [2.05, 4.69) is 13.2 Å². The lowest BCUT2D eigenvalue weighted by atomic mass is 9.85. The zero-order chi connectivity index (χ0) is 18.0. The van der Waals surface area contributed by atoms with Crippen molar-refractivity contribution in [3.63, 3.8) is 0 Å². The molecule has 0 radical (unpaired) electrons. The Morgan fingerprint density at radius 2 is 1.17 bits per heavy atom. The van der Waals surface area contributed by atoms with Crippen LogP contribution < -0.4 is 0 Å². The molecular formula is C18H30O5. The molecule has 0 spiro atoms. The van der Waals surface area contributed by atoms with Gasteiger partial charge in [-0.3, -0.25) is 0 Å². The Bertz CT molecular complexity index is 379. The summed E-state index contributed by atoms with van der Waals surface area (Å²) in [6.45, 7) is 9.20. The first-order chi connectivity index (χ1) is 10.6. The second-order valence-electron chi connectivity index (χ2n) is 6.46. The Balaban J connectivity index is 0.000000349. The summed E-state index contributed by atoms with van der Waals surface area (Å²) < 4.78 is 0. The van der Waals surface area contributed by atoms with Crippen LogP contribution in [0.4, 0.5) is 0 Å². The molecule has 5 nitrogen and oxygen atoms in total. The van der Waals surface area contributed by atoms with Crippen molar-refractivity contribution in [2.24, 2.45) is 5.92 Å². The molecule has 0 aromatic heterocycles. The Kier molecular flexibility index (Phi) is 9.49. The topological polar surface area (TPSA) is 94.8 Å². The highest BCUT2D eigenvalue weighted by molar-refractivity contribution is 5.85. The third kappa shape index (κ3) is 8.55. The number of aliphatic hydroxyl groups is 1. The van der Waals surface area contributed by atoms with E-state index >= 15 is 0 Å². The first kappa shape index (κ1) is 21.4. The summed E-state index contributed by atoms with van der Waals surface area (Å²) in [5.74, 6) is -1.21. The molecule has 3 N–H and O–H groups in total. The van der Waals surface area contributed by atoms with E-state index in [1.54, 1.807) is 0 Å². The fourth-order valence-electron chi connectivity index (χ4n) is 2.86. The first-order valence-electron chi connectivity index (χ1n) is 8.10. The number of carboxylic acid groups (broad SMARTS) is 2. The fourth-order valence-corrected chi connectivity index (χ4v) is 2.86. The van der Waals surface area contributed by atoms with Crippen molar-refractivity contribution in [2.45, 2.75) is 70.8 Å². The van der Waals surface area contributed by atoms with Gasteiger partial charge in [0.05, 0.1) is 5.60 Å². The SMILES string of the molecule is C=C(C)C(=O)O.C=C(C)C(=O)O.OC1(C2CCCC2)CCCC1. The minimum absolute atomic E-state index is 0.176. The Morgan fingerprint density at radius 1 is 0.870 bits per heavy atom. The van der Waals surface area contributed by atoms with Gasteiger partial charge in [-0.1, -0.05) is 38.8 Å². The minimum atomic E-state index is -0.935. The molecule has 0 aliphatic heterocycles. The highest BCUT2D eigenvalue weighted by Gasteiger charge is 2.40. The van der Waals surface area contributed by atoms with Gasteiger partial charge in [0.1, 0.15) is 0 Å². The summed E-state index contributed by atoms with van der Waals surface area (Å²) in [7, 11) is 0. The van der Waals surface area contributed by atoms with Crippen LogP contribution in [0.15, 0.2) is 24.3 Å². The number of aliphatic carboxylic acids is 2. The van der Waals surface area contributed by atoms with Gasteiger partial charge in [0.25, 0.3) is 0 Å². The third-order valence-electron chi connectivity index (χ3n) is 4.31. The molecule has 2 aliphatic rings. The van der Waals surface area contributed by atoms with Crippen LogP contribution in [0.2, 0.25) is 0 Å². The van der Waals surface area contributed by atoms with Crippen LogP contribution in [0.3, 0.4) is 0 Å². The largest absolute Gasteiger partial charge is 0.478 e. The lowest BCUT2D eigenvalue weighted by molar-refractivity contribution is -0.133. The van der Waals surface area contributed by atoms with E-state index < -0.39 is 11.9 Å². The molecule has 2 fully saturated rings. The van der Waals surface area contributed by atoms with Crippen molar-refractivity contribution in [3.05, 3.63) is 24.3 Å². The van der Waals surface area contributed by atoms with Gasteiger partial charge in [-0.05, 0) is 45.4 Å². The van der Waals surface area contributed by atoms with Crippen molar-refractivity contribution >= 4 is 11.9 Å². The molecule has 23 heavy (non-hydrogen) atoms. The van der Waals surface area contributed by atoms with Crippen LogP contribution in [-0.4, -0.2) is 32.9 Å². The van der Waals surface area contributed by atoms with Crippen molar-refractivity contribution in [3.8, 4) is 0 Å². The maximum atomic E-state index is 10.2. The number of hydrogen-bond acceptors (Lipinski definition) is 3. The highest BCUT2D eigenvalue weighted by atomic mass is 16.4. The molecule has 0 amide bonds. The first-order valence-corrected chi connectivity index (χ1v) is 8.10. The summed E-state index contributed by atoms with van der Waals surface area (Å²) in [4.78, 5) is 19.2. The monoisotopic (exact) mass is 326 g/mol. The number of hydrogen-bond donors (Lipinski definition) is 3. The van der Waals surface area contributed by atoms with Gasteiger partial charge >= 0.3 is 11.9 Å². The van der Waals surface area contributed by atoms with Gasteiger partial charge in [0.15, 0.2) is 0 Å². The summed E-state index contributed by atoms with van der Waals surface area (Å²) in [5.41, 5.74) is 0.126. The molecular weight excluding hydrogens is 296 g/mol. The van der Waals surface area contributed by atoms with E-state index in [0.29, 0.717) is 5.92 Å². The quantitative estimate of drug-likeness (QED) is 0.686. The van der Waals surface area contributed by atoms with Gasteiger partial charge in [-0.25, -0.2) is 9.59 Å². The van der Waals surface area contributed by atoms with Gasteiger partial charge in [0.2, 0.25) is 0 Å². The van der Waals surface area contributed by atoms with Crippen LogP contribution in [0, 0.1) is 5.92 Å².